The molecule has 0 radical (unpaired) electrons. The highest BCUT2D eigenvalue weighted by Crippen LogP contribution is 2.28. The fourth-order valence-corrected chi connectivity index (χ4v) is 3.18. The van der Waals surface area contributed by atoms with Gasteiger partial charge in [-0.3, -0.25) is 4.79 Å². The Balaban J connectivity index is 1.92. The van der Waals surface area contributed by atoms with Crippen LogP contribution in [0.5, 0.6) is 0 Å². The molecule has 1 aliphatic carbocycles. The molecule has 1 fully saturated rings. The molecule has 0 spiro atoms. The van der Waals surface area contributed by atoms with Gasteiger partial charge in [-0.1, -0.05) is 13.8 Å². The molecule has 2 unspecified atom stereocenters. The van der Waals surface area contributed by atoms with E-state index in [0.717, 1.165) is 12.8 Å². The molecular weight excluding hydrogens is 220 g/mol. The zero-order chi connectivity index (χ0) is 11.5. The molecular formula is C12H18N2OS. The van der Waals surface area contributed by atoms with Gasteiger partial charge in [0.25, 0.3) is 5.91 Å². The first-order valence-corrected chi connectivity index (χ1v) is 6.78. The van der Waals surface area contributed by atoms with Crippen LogP contribution in [0.2, 0.25) is 0 Å². The number of nitrogens with one attached hydrogen (secondary N) is 1. The summed E-state index contributed by atoms with van der Waals surface area (Å²) in [5, 5.41) is 4.88. The Labute approximate surface area is 100 Å². The minimum Gasteiger partial charge on any atom is -0.348 e. The number of thiazole rings is 1. The van der Waals surface area contributed by atoms with Gasteiger partial charge < -0.3 is 5.32 Å². The first-order valence-electron chi connectivity index (χ1n) is 5.84. The first-order chi connectivity index (χ1) is 7.65. The third-order valence-electron chi connectivity index (χ3n) is 3.18. The van der Waals surface area contributed by atoms with Gasteiger partial charge in [-0.25, -0.2) is 4.98 Å². The number of hydrogen-bond acceptors (Lipinski definition) is 3. The summed E-state index contributed by atoms with van der Waals surface area (Å²) >= 11 is 1.46. The molecule has 0 aliphatic heterocycles. The molecule has 1 heterocycles. The third kappa shape index (κ3) is 2.82. The predicted molar refractivity (Wildman–Crippen MR) is 65.5 cm³/mol. The van der Waals surface area contributed by atoms with Crippen LogP contribution >= 0.6 is 11.3 Å². The average Bonchev–Trinajstić information content (AvgIpc) is 2.68. The Morgan fingerprint density at radius 3 is 2.62 bits per heavy atom. The second-order valence-corrected chi connectivity index (χ2v) is 5.68. The van der Waals surface area contributed by atoms with Crippen LogP contribution in [-0.4, -0.2) is 16.9 Å². The van der Waals surface area contributed by atoms with Gasteiger partial charge in [-0.15, -0.1) is 11.3 Å². The van der Waals surface area contributed by atoms with Crippen LogP contribution in [-0.2, 0) is 0 Å². The molecule has 0 saturated heterocycles. The van der Waals surface area contributed by atoms with Crippen molar-refractivity contribution >= 4 is 17.2 Å². The predicted octanol–water partition coefficient (Wildman–Crippen LogP) is 2.70. The number of hydrogen-bond donors (Lipinski definition) is 1. The van der Waals surface area contributed by atoms with Gasteiger partial charge >= 0.3 is 0 Å². The number of aromatic nitrogens is 1. The van der Waals surface area contributed by atoms with Gasteiger partial charge in [-0.05, 0) is 31.1 Å². The van der Waals surface area contributed by atoms with Gasteiger partial charge in [-0.2, -0.15) is 0 Å². The molecule has 2 rings (SSSR count). The second kappa shape index (κ2) is 4.95. The highest BCUT2D eigenvalue weighted by Gasteiger charge is 2.25. The van der Waals surface area contributed by atoms with E-state index in [1.165, 1.54) is 17.8 Å². The molecule has 3 nitrogen and oxygen atoms in total. The van der Waals surface area contributed by atoms with Gasteiger partial charge in [0, 0.05) is 11.4 Å². The lowest BCUT2D eigenvalue weighted by Crippen LogP contribution is -2.40. The minimum absolute atomic E-state index is 0.0208. The number of amides is 1. The highest BCUT2D eigenvalue weighted by molar-refractivity contribution is 7.07. The fourth-order valence-electron chi connectivity index (χ4n) is 2.65. The lowest BCUT2D eigenvalue weighted by molar-refractivity contribution is 0.0907. The molecule has 88 valence electrons. The Morgan fingerprint density at radius 2 is 2.06 bits per heavy atom. The van der Waals surface area contributed by atoms with E-state index in [0.29, 0.717) is 23.6 Å². The van der Waals surface area contributed by atoms with Crippen molar-refractivity contribution in [3.63, 3.8) is 0 Å². The average molecular weight is 238 g/mol. The molecule has 1 aromatic heterocycles. The van der Waals surface area contributed by atoms with Crippen molar-refractivity contribution in [1.29, 1.82) is 0 Å². The summed E-state index contributed by atoms with van der Waals surface area (Å²) in [5.41, 5.74) is 2.25. The number of nitrogens with zero attached hydrogens (tertiary/aromatic N) is 1. The van der Waals surface area contributed by atoms with Crippen molar-refractivity contribution in [3.05, 3.63) is 16.6 Å². The van der Waals surface area contributed by atoms with E-state index >= 15 is 0 Å². The van der Waals surface area contributed by atoms with Crippen LogP contribution in [0.15, 0.2) is 10.9 Å². The summed E-state index contributed by atoms with van der Waals surface area (Å²) in [6.45, 7) is 4.52. The van der Waals surface area contributed by atoms with Crippen LogP contribution in [0.25, 0.3) is 0 Å². The molecule has 1 aliphatic rings. The van der Waals surface area contributed by atoms with Gasteiger partial charge in [0.2, 0.25) is 0 Å². The molecule has 0 aromatic carbocycles. The normalized spacial score (nSPS) is 30.0. The van der Waals surface area contributed by atoms with Crippen molar-refractivity contribution in [2.45, 2.75) is 39.2 Å². The van der Waals surface area contributed by atoms with Crippen molar-refractivity contribution in [2.75, 3.05) is 0 Å². The Hall–Kier alpha value is -0.900. The second-order valence-electron chi connectivity index (χ2n) is 4.96. The number of rotatable bonds is 2. The van der Waals surface area contributed by atoms with Crippen molar-refractivity contribution in [2.24, 2.45) is 11.8 Å². The molecule has 2 atom stereocenters. The smallest absolute Gasteiger partial charge is 0.270 e. The third-order valence-corrected chi connectivity index (χ3v) is 3.77. The van der Waals surface area contributed by atoms with Crippen molar-refractivity contribution in [1.82, 2.24) is 10.3 Å². The van der Waals surface area contributed by atoms with Crippen LogP contribution < -0.4 is 5.32 Å². The highest BCUT2D eigenvalue weighted by atomic mass is 32.1. The molecule has 16 heavy (non-hydrogen) atoms. The van der Waals surface area contributed by atoms with E-state index in [4.69, 9.17) is 0 Å². The first kappa shape index (κ1) is 11.6. The van der Waals surface area contributed by atoms with E-state index in [9.17, 15) is 4.79 Å². The summed E-state index contributed by atoms with van der Waals surface area (Å²) in [5.74, 6) is 1.40. The van der Waals surface area contributed by atoms with Gasteiger partial charge in [0.1, 0.15) is 5.69 Å². The molecule has 1 N–H and O–H groups in total. The van der Waals surface area contributed by atoms with E-state index in [1.807, 2.05) is 0 Å². The van der Waals surface area contributed by atoms with E-state index < -0.39 is 0 Å². The summed E-state index contributed by atoms with van der Waals surface area (Å²) in [6.07, 6.45) is 3.48. The lowest BCUT2D eigenvalue weighted by Gasteiger charge is -2.31. The monoisotopic (exact) mass is 238 g/mol. The number of carbonyl (C=O) groups is 1. The minimum atomic E-state index is -0.0208. The van der Waals surface area contributed by atoms with Crippen LogP contribution in [0.4, 0.5) is 0 Å². The van der Waals surface area contributed by atoms with Crippen LogP contribution in [0.3, 0.4) is 0 Å². The SMILES string of the molecule is CC1CC(C)CC(NC(=O)c2cscn2)C1. The molecule has 1 aromatic rings. The van der Waals surface area contributed by atoms with Gasteiger partial charge in [0.15, 0.2) is 0 Å². The molecule has 1 amide bonds. The molecule has 4 heteroatoms. The van der Waals surface area contributed by atoms with Crippen molar-refractivity contribution < 1.29 is 4.79 Å². The zero-order valence-electron chi connectivity index (χ0n) is 9.77. The molecule has 1 saturated carbocycles. The summed E-state index contributed by atoms with van der Waals surface area (Å²) in [7, 11) is 0. The largest absolute Gasteiger partial charge is 0.348 e. The Morgan fingerprint density at radius 1 is 1.38 bits per heavy atom. The maximum Gasteiger partial charge on any atom is 0.270 e. The standard InChI is InChI=1S/C12H18N2OS/c1-8-3-9(2)5-10(4-8)14-12(15)11-6-16-7-13-11/h6-10H,3-5H2,1-2H3,(H,14,15). The summed E-state index contributed by atoms with van der Waals surface area (Å²) in [6, 6.07) is 0.327. The quantitative estimate of drug-likeness (QED) is 0.860. The topological polar surface area (TPSA) is 42.0 Å². The zero-order valence-corrected chi connectivity index (χ0v) is 10.6. The Bertz CT molecular complexity index is 340. The van der Waals surface area contributed by atoms with Crippen LogP contribution in [0, 0.1) is 11.8 Å². The summed E-state index contributed by atoms with van der Waals surface area (Å²) < 4.78 is 0. The maximum atomic E-state index is 11.8. The van der Waals surface area contributed by atoms with E-state index in [-0.39, 0.29) is 5.91 Å². The lowest BCUT2D eigenvalue weighted by atomic mass is 9.80. The molecule has 0 bridgehead atoms. The van der Waals surface area contributed by atoms with E-state index in [1.54, 1.807) is 10.9 Å². The Kier molecular flexibility index (Phi) is 3.59. The van der Waals surface area contributed by atoms with E-state index in [2.05, 4.69) is 24.1 Å². The number of carbonyl (C=O) groups excluding carboxylic acids is 1. The van der Waals surface area contributed by atoms with Gasteiger partial charge in [0.05, 0.1) is 5.51 Å². The maximum absolute atomic E-state index is 11.8. The fraction of sp³-hybridized carbons (Fsp3) is 0.667. The summed E-state index contributed by atoms with van der Waals surface area (Å²) in [4.78, 5) is 15.8. The van der Waals surface area contributed by atoms with Crippen molar-refractivity contribution in [3.8, 4) is 0 Å². The van der Waals surface area contributed by atoms with Crippen LogP contribution in [0.1, 0.15) is 43.6 Å².